The van der Waals surface area contributed by atoms with Gasteiger partial charge in [-0.25, -0.2) is 9.18 Å². The van der Waals surface area contributed by atoms with Gasteiger partial charge < -0.3 is 19.2 Å². The highest BCUT2D eigenvalue weighted by molar-refractivity contribution is 7.09. The third kappa shape index (κ3) is 3.99. The van der Waals surface area contributed by atoms with E-state index in [1.54, 1.807) is 41.0 Å². The first-order valence-electron chi connectivity index (χ1n) is 9.49. The van der Waals surface area contributed by atoms with Gasteiger partial charge in [0.25, 0.3) is 0 Å². The van der Waals surface area contributed by atoms with Crippen molar-refractivity contribution < 1.29 is 18.7 Å². The first-order chi connectivity index (χ1) is 14.6. The summed E-state index contributed by atoms with van der Waals surface area (Å²) in [7, 11) is 0. The minimum Gasteiger partial charge on any atom is -0.461 e. The molecule has 8 heteroatoms. The summed E-state index contributed by atoms with van der Waals surface area (Å²) < 4.78 is 22.0. The van der Waals surface area contributed by atoms with E-state index in [1.807, 2.05) is 34.3 Å². The third-order valence-corrected chi connectivity index (χ3v) is 5.57. The maximum atomic E-state index is 13.3. The average molecular weight is 425 g/mol. The molecule has 0 radical (unpaired) electrons. The molecule has 0 unspecified atom stereocenters. The minimum atomic E-state index is -0.495. The van der Waals surface area contributed by atoms with Gasteiger partial charge in [0.1, 0.15) is 18.1 Å². The number of amides is 1. The van der Waals surface area contributed by atoms with Crippen molar-refractivity contribution in [3.05, 3.63) is 76.5 Å². The number of nitrogens with one attached hydrogen (secondary N) is 1. The molecule has 1 amide bonds. The number of fused-ring (bicyclic) bond motifs is 1. The molecule has 30 heavy (non-hydrogen) atoms. The molecule has 0 atom stereocenters. The molecule has 0 aliphatic heterocycles. The molecule has 4 rings (SSSR count). The van der Waals surface area contributed by atoms with E-state index in [4.69, 9.17) is 4.74 Å². The van der Waals surface area contributed by atoms with Gasteiger partial charge in [-0.2, -0.15) is 0 Å². The van der Waals surface area contributed by atoms with E-state index in [0.717, 1.165) is 16.1 Å². The van der Waals surface area contributed by atoms with Crippen molar-refractivity contribution in [2.45, 2.75) is 20.0 Å². The van der Waals surface area contributed by atoms with Gasteiger partial charge in [-0.15, -0.1) is 11.3 Å². The van der Waals surface area contributed by atoms with Crippen LogP contribution >= 0.6 is 11.3 Å². The van der Waals surface area contributed by atoms with Crippen molar-refractivity contribution in [2.24, 2.45) is 0 Å². The summed E-state index contributed by atoms with van der Waals surface area (Å²) in [5, 5.41) is 4.83. The van der Waals surface area contributed by atoms with Crippen LogP contribution in [0.2, 0.25) is 0 Å². The van der Waals surface area contributed by atoms with Crippen LogP contribution in [0.5, 0.6) is 0 Å². The predicted molar refractivity (Wildman–Crippen MR) is 113 cm³/mol. The van der Waals surface area contributed by atoms with Crippen LogP contribution in [0, 0.1) is 5.82 Å². The van der Waals surface area contributed by atoms with Crippen LogP contribution in [0.3, 0.4) is 0 Å². The highest BCUT2D eigenvalue weighted by Crippen LogP contribution is 2.25. The van der Waals surface area contributed by atoms with Crippen molar-refractivity contribution in [2.75, 3.05) is 6.61 Å². The van der Waals surface area contributed by atoms with E-state index in [-0.39, 0.29) is 24.9 Å². The molecule has 3 aromatic heterocycles. The number of benzene rings is 1. The lowest BCUT2D eigenvalue weighted by molar-refractivity contribution is -0.121. The SMILES string of the molecule is CCOC(=O)c1cc2c(ccn2-c2ccc(F)cc2)n1CC(=O)NCc1cccs1. The highest BCUT2D eigenvalue weighted by Gasteiger charge is 2.21. The molecule has 1 N–H and O–H groups in total. The number of carbonyl (C=O) groups excluding carboxylic acids is 2. The molecule has 0 spiro atoms. The summed E-state index contributed by atoms with van der Waals surface area (Å²) in [4.78, 5) is 26.1. The van der Waals surface area contributed by atoms with Crippen molar-refractivity contribution in [3.8, 4) is 5.69 Å². The maximum Gasteiger partial charge on any atom is 0.355 e. The zero-order valence-corrected chi connectivity index (χ0v) is 17.1. The van der Waals surface area contributed by atoms with Crippen molar-refractivity contribution in [1.82, 2.24) is 14.5 Å². The normalized spacial score (nSPS) is 11.0. The second kappa shape index (κ2) is 8.54. The number of halogens is 1. The van der Waals surface area contributed by atoms with E-state index in [0.29, 0.717) is 17.8 Å². The Morgan fingerprint density at radius 2 is 1.93 bits per heavy atom. The number of rotatable bonds is 7. The summed E-state index contributed by atoms with van der Waals surface area (Å²) in [5.41, 5.74) is 2.50. The maximum absolute atomic E-state index is 13.3. The summed E-state index contributed by atoms with van der Waals surface area (Å²) in [6, 6.07) is 13.5. The van der Waals surface area contributed by atoms with Crippen LogP contribution in [-0.4, -0.2) is 27.6 Å². The van der Waals surface area contributed by atoms with Crippen LogP contribution in [0.15, 0.2) is 60.1 Å². The monoisotopic (exact) mass is 425 g/mol. The standard InChI is InChI=1S/C22H20FN3O3S/c1-2-29-22(28)20-12-19-18(9-10-25(19)16-7-5-15(23)6-8-16)26(20)14-21(27)24-13-17-4-3-11-30-17/h3-12H,2,13-14H2,1H3,(H,24,27). The number of hydrogen-bond acceptors (Lipinski definition) is 4. The zero-order chi connectivity index (χ0) is 21.1. The lowest BCUT2D eigenvalue weighted by Crippen LogP contribution is -2.28. The van der Waals surface area contributed by atoms with Gasteiger partial charge in [0.2, 0.25) is 5.91 Å². The van der Waals surface area contributed by atoms with Crippen molar-refractivity contribution >= 4 is 34.2 Å². The Bertz CT molecular complexity index is 1180. The first-order valence-corrected chi connectivity index (χ1v) is 10.4. The summed E-state index contributed by atoms with van der Waals surface area (Å²) >= 11 is 1.57. The second-order valence-electron chi connectivity index (χ2n) is 6.62. The Labute approximate surface area is 176 Å². The second-order valence-corrected chi connectivity index (χ2v) is 7.66. The summed E-state index contributed by atoms with van der Waals surface area (Å²) in [6.07, 6.45) is 1.83. The van der Waals surface area contributed by atoms with E-state index >= 15 is 0 Å². The molecule has 1 aromatic carbocycles. The predicted octanol–water partition coefficient (Wildman–Crippen LogP) is 4.13. The molecule has 0 aliphatic carbocycles. The van der Waals surface area contributed by atoms with Crippen LogP contribution in [0.4, 0.5) is 4.39 Å². The topological polar surface area (TPSA) is 65.3 Å². The fraction of sp³-hybridized carbons (Fsp3) is 0.182. The van der Waals surface area contributed by atoms with Crippen LogP contribution in [0.25, 0.3) is 16.7 Å². The Morgan fingerprint density at radius 1 is 1.13 bits per heavy atom. The lowest BCUT2D eigenvalue weighted by atomic mass is 10.3. The Balaban J connectivity index is 1.67. The Hall–Kier alpha value is -3.39. The smallest absolute Gasteiger partial charge is 0.355 e. The van der Waals surface area contributed by atoms with E-state index in [9.17, 15) is 14.0 Å². The van der Waals surface area contributed by atoms with Crippen LogP contribution < -0.4 is 5.32 Å². The van der Waals surface area contributed by atoms with E-state index in [2.05, 4.69) is 5.32 Å². The van der Waals surface area contributed by atoms with E-state index < -0.39 is 5.97 Å². The number of ether oxygens (including phenoxy) is 1. The first kappa shape index (κ1) is 19.9. The number of nitrogens with zero attached hydrogens (tertiary/aromatic N) is 2. The number of esters is 1. The molecule has 154 valence electrons. The average Bonchev–Trinajstić information content (AvgIpc) is 3.45. The fourth-order valence-electron chi connectivity index (χ4n) is 3.31. The van der Waals surface area contributed by atoms with Crippen molar-refractivity contribution in [1.29, 1.82) is 0 Å². The van der Waals surface area contributed by atoms with Gasteiger partial charge >= 0.3 is 5.97 Å². The zero-order valence-electron chi connectivity index (χ0n) is 16.3. The molecule has 6 nitrogen and oxygen atoms in total. The van der Waals surface area contributed by atoms with Gasteiger partial charge in [0, 0.05) is 16.8 Å². The number of aromatic nitrogens is 2. The summed E-state index contributed by atoms with van der Waals surface area (Å²) in [5.74, 6) is -1.03. The lowest BCUT2D eigenvalue weighted by Gasteiger charge is -2.10. The molecular weight excluding hydrogens is 405 g/mol. The van der Waals surface area contributed by atoms with Gasteiger partial charge in [-0.05, 0) is 54.8 Å². The largest absolute Gasteiger partial charge is 0.461 e. The molecule has 0 fully saturated rings. The van der Waals surface area contributed by atoms with Gasteiger partial charge in [-0.1, -0.05) is 6.07 Å². The molecule has 0 bridgehead atoms. The number of hydrogen-bond donors (Lipinski definition) is 1. The van der Waals surface area contributed by atoms with Crippen LogP contribution in [0.1, 0.15) is 22.3 Å². The Kier molecular flexibility index (Phi) is 5.67. The van der Waals surface area contributed by atoms with Crippen molar-refractivity contribution in [3.63, 3.8) is 0 Å². The third-order valence-electron chi connectivity index (χ3n) is 4.69. The molecule has 4 aromatic rings. The molecule has 0 saturated carbocycles. The fourth-order valence-corrected chi connectivity index (χ4v) is 3.96. The number of carbonyl (C=O) groups is 2. The molecule has 0 saturated heterocycles. The van der Waals surface area contributed by atoms with Crippen LogP contribution in [-0.2, 0) is 22.6 Å². The molecular formula is C22H20FN3O3S. The van der Waals surface area contributed by atoms with E-state index in [1.165, 1.54) is 12.1 Å². The van der Waals surface area contributed by atoms with Gasteiger partial charge in [-0.3, -0.25) is 4.79 Å². The molecule has 3 heterocycles. The summed E-state index contributed by atoms with van der Waals surface area (Å²) in [6.45, 7) is 2.39. The Morgan fingerprint density at radius 3 is 2.63 bits per heavy atom. The number of thiophene rings is 1. The van der Waals surface area contributed by atoms with Gasteiger partial charge in [0.05, 0.1) is 24.2 Å². The molecule has 0 aliphatic rings. The highest BCUT2D eigenvalue weighted by atomic mass is 32.1. The quantitative estimate of drug-likeness (QED) is 0.453. The minimum absolute atomic E-state index is 0.0174. The van der Waals surface area contributed by atoms with Gasteiger partial charge in [0.15, 0.2) is 0 Å².